The van der Waals surface area contributed by atoms with Gasteiger partial charge in [0.1, 0.15) is 17.8 Å². The Morgan fingerprint density at radius 1 is 1.24 bits per heavy atom. The molecule has 0 saturated carbocycles. The molecule has 1 atom stereocenters. The third kappa shape index (κ3) is 3.23. The van der Waals surface area contributed by atoms with Gasteiger partial charge < -0.3 is 10.2 Å². The van der Waals surface area contributed by atoms with E-state index in [1.165, 1.54) is 0 Å². The van der Waals surface area contributed by atoms with Gasteiger partial charge >= 0.3 is 0 Å². The number of nitrogens with one attached hydrogen (secondary N) is 1. The van der Waals surface area contributed by atoms with Gasteiger partial charge in [-0.2, -0.15) is 5.26 Å². The van der Waals surface area contributed by atoms with Crippen LogP contribution in [0.25, 0.3) is 0 Å². The number of para-hydroxylation sites is 1. The maximum atomic E-state index is 12.3. The van der Waals surface area contributed by atoms with Gasteiger partial charge in [0.05, 0.1) is 5.03 Å². The smallest absolute Gasteiger partial charge is 0.266 e. The molecule has 1 amide bonds. The number of nitrogens with zero attached hydrogens (tertiary/aromatic N) is 2. The Labute approximate surface area is 157 Å². The second-order valence-electron chi connectivity index (χ2n) is 5.59. The lowest BCUT2D eigenvalue weighted by Crippen LogP contribution is -2.46. The molecule has 0 saturated heterocycles. The number of amides is 1. The maximum Gasteiger partial charge on any atom is 0.266 e. The van der Waals surface area contributed by atoms with Gasteiger partial charge in [0, 0.05) is 10.7 Å². The van der Waals surface area contributed by atoms with Crippen LogP contribution in [0.15, 0.2) is 59.1 Å². The number of thiol groups is 1. The fourth-order valence-corrected chi connectivity index (χ4v) is 3.38. The van der Waals surface area contributed by atoms with E-state index >= 15 is 0 Å². The lowest BCUT2D eigenvalue weighted by atomic mass is 10.0. The molecule has 1 unspecified atom stereocenters. The second kappa shape index (κ2) is 7.22. The number of carbonyl (C=O) groups excluding carboxylic acids is 1. The van der Waals surface area contributed by atoms with Gasteiger partial charge in [0.25, 0.3) is 5.91 Å². The average Bonchev–Trinajstić information content (AvgIpc) is 2.62. The summed E-state index contributed by atoms with van der Waals surface area (Å²) >= 11 is 10.5. The predicted octanol–water partition coefficient (Wildman–Crippen LogP) is 4.20. The number of rotatable bonds is 3. The van der Waals surface area contributed by atoms with Crippen LogP contribution in [0.1, 0.15) is 24.2 Å². The highest BCUT2D eigenvalue weighted by molar-refractivity contribution is 7.84. The van der Waals surface area contributed by atoms with E-state index in [0.717, 1.165) is 23.2 Å². The molecule has 0 spiro atoms. The summed E-state index contributed by atoms with van der Waals surface area (Å²) in [6.45, 7) is 2.06. The number of anilines is 1. The van der Waals surface area contributed by atoms with Crippen molar-refractivity contribution in [1.29, 1.82) is 5.26 Å². The second-order valence-corrected chi connectivity index (χ2v) is 6.45. The maximum absolute atomic E-state index is 12.3. The molecular formula is C19H16ClN3OS. The molecule has 126 valence electrons. The van der Waals surface area contributed by atoms with Crippen LogP contribution in [-0.2, 0) is 11.2 Å². The summed E-state index contributed by atoms with van der Waals surface area (Å²) in [5, 5.41) is 13.2. The topological polar surface area (TPSA) is 56.1 Å². The van der Waals surface area contributed by atoms with Crippen LogP contribution < -0.4 is 10.2 Å². The van der Waals surface area contributed by atoms with Crippen LogP contribution in [0.5, 0.6) is 0 Å². The number of benzene rings is 2. The minimum absolute atomic E-state index is 0.000506. The quantitative estimate of drug-likeness (QED) is 0.797. The summed E-state index contributed by atoms with van der Waals surface area (Å²) in [5.41, 5.74) is 2.86. The first kappa shape index (κ1) is 17.4. The summed E-state index contributed by atoms with van der Waals surface area (Å²) in [4.78, 5) is 14.2. The first-order chi connectivity index (χ1) is 12.1. The van der Waals surface area contributed by atoms with Crippen molar-refractivity contribution >= 4 is 35.8 Å². The third-order valence-electron chi connectivity index (χ3n) is 4.13. The molecule has 2 aromatic carbocycles. The first-order valence-electron chi connectivity index (χ1n) is 7.83. The molecule has 0 radical (unpaired) electrons. The SMILES string of the molecule is CCc1ccccc1N1C(S)=C(C#N)C(=O)NC1c1ccc(Cl)cc1. The van der Waals surface area contributed by atoms with Gasteiger partial charge in [0.15, 0.2) is 0 Å². The van der Waals surface area contributed by atoms with E-state index in [9.17, 15) is 10.1 Å². The van der Waals surface area contributed by atoms with Crippen molar-refractivity contribution in [2.45, 2.75) is 19.5 Å². The summed E-state index contributed by atoms with van der Waals surface area (Å²) < 4.78 is 0. The predicted molar refractivity (Wildman–Crippen MR) is 102 cm³/mol. The summed E-state index contributed by atoms with van der Waals surface area (Å²) in [5.74, 6) is -0.433. The molecule has 0 aliphatic carbocycles. The zero-order chi connectivity index (χ0) is 18.0. The van der Waals surface area contributed by atoms with Gasteiger partial charge in [-0.15, -0.1) is 12.6 Å². The van der Waals surface area contributed by atoms with Crippen LogP contribution >= 0.6 is 24.2 Å². The van der Waals surface area contributed by atoms with Crippen molar-refractivity contribution in [3.8, 4) is 6.07 Å². The van der Waals surface area contributed by atoms with Crippen molar-refractivity contribution in [3.63, 3.8) is 0 Å². The van der Waals surface area contributed by atoms with Gasteiger partial charge in [0.2, 0.25) is 0 Å². The standard InChI is InChI=1S/C19H16ClN3OS/c1-2-12-5-3-4-6-16(12)23-17(13-7-9-14(20)10-8-13)22-18(24)15(11-21)19(23)25/h3-10,17,25H,2H2,1H3,(H,22,24). The number of carbonyl (C=O) groups is 1. The molecule has 0 bridgehead atoms. The minimum atomic E-state index is -0.470. The van der Waals surface area contributed by atoms with Crippen molar-refractivity contribution in [2.24, 2.45) is 0 Å². The summed E-state index contributed by atoms with van der Waals surface area (Å²) in [7, 11) is 0. The third-order valence-corrected chi connectivity index (χ3v) is 4.83. The van der Waals surface area contributed by atoms with Gasteiger partial charge in [-0.3, -0.25) is 4.79 Å². The highest BCUT2D eigenvalue weighted by Gasteiger charge is 2.34. The zero-order valence-electron chi connectivity index (χ0n) is 13.5. The van der Waals surface area contributed by atoms with Gasteiger partial charge in [-0.1, -0.05) is 48.9 Å². The van der Waals surface area contributed by atoms with E-state index in [-0.39, 0.29) is 5.57 Å². The largest absolute Gasteiger partial charge is 0.327 e. The van der Waals surface area contributed by atoms with E-state index in [4.69, 9.17) is 11.6 Å². The van der Waals surface area contributed by atoms with Crippen molar-refractivity contribution < 1.29 is 4.79 Å². The molecule has 1 aliphatic heterocycles. The molecule has 1 heterocycles. The number of aryl methyl sites for hydroxylation is 1. The molecule has 6 heteroatoms. The summed E-state index contributed by atoms with van der Waals surface area (Å²) in [6, 6.07) is 17.1. The molecule has 2 aromatic rings. The zero-order valence-corrected chi connectivity index (χ0v) is 15.2. The van der Waals surface area contributed by atoms with E-state index < -0.39 is 12.1 Å². The van der Waals surface area contributed by atoms with Crippen molar-refractivity contribution in [1.82, 2.24) is 5.32 Å². The fraction of sp³-hybridized carbons (Fsp3) is 0.158. The molecular weight excluding hydrogens is 354 g/mol. The minimum Gasteiger partial charge on any atom is -0.327 e. The van der Waals surface area contributed by atoms with E-state index in [2.05, 4.69) is 24.9 Å². The number of hydrogen-bond donors (Lipinski definition) is 2. The Kier molecular flexibility index (Phi) is 5.03. The molecule has 25 heavy (non-hydrogen) atoms. The van der Waals surface area contributed by atoms with Gasteiger partial charge in [-0.05, 0) is 35.7 Å². The lowest BCUT2D eigenvalue weighted by Gasteiger charge is -2.39. The Balaban J connectivity index is 2.20. The van der Waals surface area contributed by atoms with Crippen molar-refractivity contribution in [3.05, 3.63) is 75.3 Å². The average molecular weight is 370 g/mol. The monoisotopic (exact) mass is 369 g/mol. The Morgan fingerprint density at radius 3 is 2.56 bits per heavy atom. The molecule has 0 aromatic heterocycles. The van der Waals surface area contributed by atoms with E-state index in [1.807, 2.05) is 47.4 Å². The lowest BCUT2D eigenvalue weighted by molar-refractivity contribution is -0.118. The van der Waals surface area contributed by atoms with Crippen LogP contribution in [0.2, 0.25) is 5.02 Å². The van der Waals surface area contributed by atoms with Crippen LogP contribution in [0, 0.1) is 11.3 Å². The number of nitriles is 1. The van der Waals surface area contributed by atoms with E-state index in [1.54, 1.807) is 12.1 Å². The first-order valence-corrected chi connectivity index (χ1v) is 8.66. The highest BCUT2D eigenvalue weighted by Crippen LogP contribution is 2.37. The number of hydrogen-bond acceptors (Lipinski definition) is 4. The molecule has 0 fully saturated rings. The van der Waals surface area contributed by atoms with E-state index in [0.29, 0.717) is 10.1 Å². The van der Waals surface area contributed by atoms with Crippen LogP contribution in [-0.4, -0.2) is 5.91 Å². The number of halogens is 1. The Morgan fingerprint density at radius 2 is 1.92 bits per heavy atom. The van der Waals surface area contributed by atoms with Crippen LogP contribution in [0.3, 0.4) is 0 Å². The van der Waals surface area contributed by atoms with Gasteiger partial charge in [-0.25, -0.2) is 0 Å². The normalized spacial score (nSPS) is 17.3. The summed E-state index contributed by atoms with van der Waals surface area (Å²) in [6.07, 6.45) is 0.346. The Bertz CT molecular complexity index is 886. The molecule has 1 aliphatic rings. The fourth-order valence-electron chi connectivity index (χ4n) is 2.88. The Hall–Kier alpha value is -2.42. The molecule has 1 N–H and O–H groups in total. The molecule has 4 nitrogen and oxygen atoms in total. The van der Waals surface area contributed by atoms with Crippen molar-refractivity contribution in [2.75, 3.05) is 4.90 Å². The van der Waals surface area contributed by atoms with Crippen LogP contribution in [0.4, 0.5) is 5.69 Å². The molecule has 3 rings (SSSR count). The highest BCUT2D eigenvalue weighted by atomic mass is 35.5.